The summed E-state index contributed by atoms with van der Waals surface area (Å²) >= 11 is 11.8. The Morgan fingerprint density at radius 1 is 0.493 bits per heavy atom. The number of nitrogens with zero attached hydrogens (tertiary/aromatic N) is 8. The number of amides is 2. The number of carbonyl (C=O) groups is 5. The zero-order chi connectivity index (χ0) is 101. The van der Waals surface area contributed by atoms with Crippen LogP contribution < -0.4 is 44.8 Å². The molecule has 0 spiro atoms. The summed E-state index contributed by atoms with van der Waals surface area (Å²) in [6, 6.07) is 36.8. The van der Waals surface area contributed by atoms with E-state index in [1.54, 1.807) is 35.2 Å². The average molecular weight is 2200 g/mol. The van der Waals surface area contributed by atoms with Crippen LogP contribution in [0.4, 0.5) is 49.1 Å². The molecular formula is C96H99B4Br2F6IN12O17S2. The molecule has 2 saturated carbocycles. The standard InChI is InChI=1S/C35H35FN4O4S.C22H27BrN2O4.C14H12BFN2O2S.C7H7BFNO3.C6H6BFINO2.C6H7BFNO2.C6H5BrFN/c1-20-34(45-21(2)37-20)28-11-9-23-16-25(17-27(36)32(23)38-28)33-31(22-6-4-3-5-7-22)26-10-8-24(35(42)43)18-29(26)40(33)19-30(41)39-12-14-44-15-13-39;1-28-22(27)16-7-8-17-18(13-16)25(14-19(26)24-9-11-29-12-10-24)21(23)20(17)15-5-3-2-4-6-15;1-7-14(21-8(2)17-7)12-4-3-9-5-10(15(19)20)6-11(16)13(9)18-12;9-6-2-5(8(12)13)1-4(3-11)7(6)10;8-4-1-3(7(11)12)2-5(9)6(4)10;8-5-3-4(7(10)11)1-2-6(5)9;7-4-1-2-6(9)5(8)3-4/h8-11,16-18,22H,3-7,12-15,19H2,1-2H3,(H,42,43);7-8,13,15H,2-6,9-12,14H2,1H3;3-6,19-20H,1-2H3;1-3,12-13H,10H2;1-2,11-12H,10H2;1-3,10-11H,9H2;1-3H,9H2. The van der Waals surface area contributed by atoms with Crippen LogP contribution in [0.25, 0.3) is 76.0 Å². The van der Waals surface area contributed by atoms with E-state index >= 15 is 4.39 Å². The molecule has 14 aromatic rings. The van der Waals surface area contributed by atoms with E-state index in [-0.39, 0.29) is 109 Å². The maximum Gasteiger partial charge on any atom is 0.488 e. The van der Waals surface area contributed by atoms with Crippen LogP contribution in [0.1, 0.15) is 140 Å². The van der Waals surface area contributed by atoms with Gasteiger partial charge in [0.05, 0.1) is 131 Å². The highest BCUT2D eigenvalue weighted by molar-refractivity contribution is 14.1. The van der Waals surface area contributed by atoms with Gasteiger partial charge in [-0.15, -0.1) is 22.7 Å². The smallest absolute Gasteiger partial charge is 0.478 e. The van der Waals surface area contributed by atoms with Gasteiger partial charge in [0.1, 0.15) is 59.0 Å². The van der Waals surface area contributed by atoms with Crippen molar-refractivity contribution in [2.24, 2.45) is 0 Å². The number of rotatable bonds is 16. The Hall–Kier alpha value is -11.2. The van der Waals surface area contributed by atoms with E-state index in [4.69, 9.17) is 82.3 Å². The number of esters is 1. The van der Waals surface area contributed by atoms with Crippen molar-refractivity contribution < 1.29 is 110 Å². The third-order valence-corrected chi connectivity index (χ3v) is 28.2. The van der Waals surface area contributed by atoms with Crippen molar-refractivity contribution in [3.05, 3.63) is 242 Å². The van der Waals surface area contributed by atoms with Gasteiger partial charge in [-0.25, -0.2) is 55.9 Å². The van der Waals surface area contributed by atoms with E-state index in [0.29, 0.717) is 112 Å². The number of thiazole rings is 2. The Labute approximate surface area is 840 Å². The predicted octanol–water partition coefficient (Wildman–Crippen LogP) is 13.1. The first kappa shape index (κ1) is 108. The molecule has 0 unspecified atom stereocenters. The maximum atomic E-state index is 16.2. The molecular weight excluding hydrogens is 2100 g/mol. The molecule has 732 valence electrons. The number of anilines is 4. The van der Waals surface area contributed by atoms with Crippen LogP contribution in [-0.4, -0.2) is 202 Å². The number of carbonyl (C=O) groups excluding carboxylic acids is 4. The zero-order valence-electron chi connectivity index (χ0n) is 76.4. The van der Waals surface area contributed by atoms with Gasteiger partial charge < -0.3 is 101 Å². The molecule has 2 amide bonds. The molecule has 2 aliphatic heterocycles. The largest absolute Gasteiger partial charge is 0.488 e. The lowest BCUT2D eigenvalue weighted by atomic mass is 9.79. The minimum absolute atomic E-state index is 0.00519. The van der Waals surface area contributed by atoms with E-state index in [1.165, 1.54) is 103 Å². The van der Waals surface area contributed by atoms with Gasteiger partial charge in [-0.1, -0.05) is 90.9 Å². The van der Waals surface area contributed by atoms with E-state index in [1.807, 2.05) is 107 Å². The van der Waals surface area contributed by atoms with Crippen molar-refractivity contribution in [2.75, 3.05) is 82.7 Å². The number of aromatic carboxylic acids is 1. The lowest BCUT2D eigenvalue weighted by molar-refractivity contribution is -0.136. The van der Waals surface area contributed by atoms with Crippen LogP contribution in [0.2, 0.25) is 0 Å². The molecule has 0 radical (unpaired) electrons. The predicted molar refractivity (Wildman–Crippen MR) is 548 cm³/mol. The van der Waals surface area contributed by atoms with Crippen molar-refractivity contribution in [1.29, 1.82) is 0 Å². The Morgan fingerprint density at radius 2 is 0.929 bits per heavy atom. The topological polar surface area (TPSA) is 467 Å². The highest BCUT2D eigenvalue weighted by Crippen LogP contribution is 2.47. The van der Waals surface area contributed by atoms with Gasteiger partial charge in [-0.2, -0.15) is 0 Å². The molecule has 8 aromatic carbocycles. The van der Waals surface area contributed by atoms with Crippen molar-refractivity contribution in [2.45, 2.75) is 117 Å². The van der Waals surface area contributed by atoms with Gasteiger partial charge in [0, 0.05) is 66.9 Å². The highest BCUT2D eigenvalue weighted by Gasteiger charge is 2.33. The third kappa shape index (κ3) is 26.6. The molecule has 29 nitrogen and oxygen atoms in total. The highest BCUT2D eigenvalue weighted by atomic mass is 127. The summed E-state index contributed by atoms with van der Waals surface area (Å²) in [4.78, 5) is 84.6. The molecule has 44 heteroatoms. The monoisotopic (exact) mass is 2200 g/mol. The molecule has 18 rings (SSSR count). The van der Waals surface area contributed by atoms with E-state index in [2.05, 4.69) is 46.8 Å². The summed E-state index contributed by atoms with van der Waals surface area (Å²) in [7, 11) is -5.43. The second-order valence-corrected chi connectivity index (χ2v) is 38.5. The number of hydrogen-bond donors (Lipinski definition) is 13. The number of ether oxygens (including phenoxy) is 3. The lowest BCUT2D eigenvalue weighted by Crippen LogP contribution is -2.42. The van der Waals surface area contributed by atoms with Crippen LogP contribution in [0.5, 0.6) is 0 Å². The number of halogens is 9. The molecule has 2 saturated heterocycles. The normalized spacial score (nSPS) is 13.8. The van der Waals surface area contributed by atoms with Crippen molar-refractivity contribution in [1.82, 2.24) is 38.9 Å². The fourth-order valence-electron chi connectivity index (χ4n) is 16.8. The van der Waals surface area contributed by atoms with Crippen LogP contribution in [0, 0.1) is 66.2 Å². The van der Waals surface area contributed by atoms with Crippen molar-refractivity contribution in [3.8, 4) is 32.4 Å². The Balaban J connectivity index is 0.000000159. The molecule has 6 aromatic heterocycles. The minimum Gasteiger partial charge on any atom is -0.478 e. The molecule has 4 aliphatic rings. The number of carboxylic acids is 1. The Bertz CT molecular complexity index is 6870. The summed E-state index contributed by atoms with van der Waals surface area (Å²) < 4.78 is 103. The number of hydrogen-bond acceptors (Lipinski definition) is 26. The number of aryl methyl sites for hydroxylation is 4. The van der Waals surface area contributed by atoms with Gasteiger partial charge in [-0.3, -0.25) is 14.4 Å². The van der Waals surface area contributed by atoms with Crippen LogP contribution in [0.15, 0.2) is 155 Å². The SMILES string of the molecule is COC(=O)c1ccc2c(C3CCCCC3)c(Br)n(CC(=O)N3CCOCC3)c2c1.Cc1nc(C)c(-c2ccc3cc(-c4c(C5CCCCC5)c5ccc(C(=O)O)cc5n4CC(=O)N4CCOCC4)cc(F)c3n2)s1.Cc1nc(C)c(-c2ccc3cc(B(O)O)cc(F)c3n2)s1.Nc1c(F)cc(B(O)O)cc1C=O.Nc1c(F)cc(B(O)O)cc1I.Nc1ccc(B(O)O)cc1F.Nc1ccc(Br)cc1F. The molecule has 8 heterocycles. The Morgan fingerprint density at radius 3 is 1.40 bits per heavy atom. The van der Waals surface area contributed by atoms with E-state index < -0.39 is 63.5 Å². The van der Waals surface area contributed by atoms with Gasteiger partial charge in [-0.05, 0) is 246 Å². The number of carboxylic acid groups (broad SMARTS) is 1. The number of nitrogens with two attached hydrogens (primary N) is 4. The summed E-state index contributed by atoms with van der Waals surface area (Å²) in [5, 5.41) is 85.2. The summed E-state index contributed by atoms with van der Waals surface area (Å²) in [6.45, 7) is 12.3. The number of aromatic nitrogens is 6. The molecule has 140 heavy (non-hydrogen) atoms. The van der Waals surface area contributed by atoms with Gasteiger partial charge in [0.15, 0.2) is 6.29 Å². The fourth-order valence-corrected chi connectivity index (χ4v) is 20.3. The molecule has 0 bridgehead atoms. The first-order valence-corrected chi connectivity index (χ1v) is 48.6. The van der Waals surface area contributed by atoms with Crippen LogP contribution >= 0.6 is 77.1 Å². The number of methoxy groups -OCH3 is 1. The van der Waals surface area contributed by atoms with Crippen molar-refractivity contribution >= 4 is 224 Å². The Kier molecular flexibility index (Phi) is 37.7. The number of morpholine rings is 2. The van der Waals surface area contributed by atoms with E-state index in [9.17, 15) is 51.0 Å². The summed E-state index contributed by atoms with van der Waals surface area (Å²) in [6.07, 6.45) is 11.7. The minimum atomic E-state index is -1.81. The third-order valence-electron chi connectivity index (χ3n) is 23.8. The van der Waals surface area contributed by atoms with Gasteiger partial charge >= 0.3 is 40.4 Å². The van der Waals surface area contributed by atoms with Gasteiger partial charge in [0.25, 0.3) is 0 Å². The zero-order valence-corrected chi connectivity index (χ0v) is 83.4. The lowest BCUT2D eigenvalue weighted by Gasteiger charge is -2.28. The van der Waals surface area contributed by atoms with Crippen LogP contribution in [0.3, 0.4) is 0 Å². The molecule has 0 atom stereocenters. The van der Waals surface area contributed by atoms with E-state index in [0.717, 1.165) is 132 Å². The summed E-state index contributed by atoms with van der Waals surface area (Å²) in [5.74, 6) is -4.23. The van der Waals surface area contributed by atoms with Crippen LogP contribution in [-0.2, 0) is 36.9 Å². The first-order valence-electron chi connectivity index (χ1n) is 44.3. The number of nitrogen functional groups attached to an aromatic ring is 4. The second-order valence-electron chi connectivity index (χ2n) is 33.3. The quantitative estimate of drug-likeness (QED) is 0.0107. The van der Waals surface area contributed by atoms with Gasteiger partial charge in [0.2, 0.25) is 11.8 Å². The summed E-state index contributed by atoms with van der Waals surface area (Å²) in [5.41, 5.74) is 30.4. The maximum absolute atomic E-state index is 16.2. The molecule has 17 N–H and O–H groups in total. The first-order chi connectivity index (χ1) is 66.7. The van der Waals surface area contributed by atoms with Crippen molar-refractivity contribution in [3.63, 3.8) is 0 Å². The second kappa shape index (κ2) is 49.0. The number of pyridine rings is 2. The molecule has 4 fully saturated rings. The average Bonchev–Trinajstić information content (AvgIpc) is 1.56. The number of benzene rings is 8. The number of aldehydes is 1. The fraction of sp³-hybridized carbons (Fsp3) is 0.281. The number of fused-ring (bicyclic) bond motifs is 4. The molecule has 2 aliphatic carbocycles.